The van der Waals surface area contributed by atoms with Crippen molar-refractivity contribution in [2.45, 2.75) is 32.2 Å². The lowest BCUT2D eigenvalue weighted by Gasteiger charge is -2.02. The molecule has 0 radical (unpaired) electrons. The summed E-state index contributed by atoms with van der Waals surface area (Å²) in [5.41, 5.74) is 0. The predicted octanol–water partition coefficient (Wildman–Crippen LogP) is 1.53. The van der Waals surface area contributed by atoms with Crippen molar-refractivity contribution in [3.63, 3.8) is 0 Å². The zero-order chi connectivity index (χ0) is 8.53. The Kier molecular flexibility index (Phi) is 7.00. The van der Waals surface area contributed by atoms with Crippen molar-refractivity contribution < 1.29 is 9.53 Å². The third-order valence-electron chi connectivity index (χ3n) is 1.49. The number of isocyanates is 1. The van der Waals surface area contributed by atoms with Gasteiger partial charge in [-0.15, -0.1) is 0 Å². The maximum atomic E-state index is 9.79. The molecule has 11 heavy (non-hydrogen) atoms. The van der Waals surface area contributed by atoms with E-state index < -0.39 is 0 Å². The molecule has 1 atom stereocenters. The molecular weight excluding hydrogens is 142 g/mol. The van der Waals surface area contributed by atoms with Crippen molar-refractivity contribution in [2.24, 2.45) is 4.99 Å². The molecule has 3 heteroatoms. The molecule has 1 unspecified atom stereocenters. The van der Waals surface area contributed by atoms with E-state index >= 15 is 0 Å². The number of methoxy groups -OCH3 is 1. The number of carbonyl (C=O) groups excluding carboxylic acids is 1. The fourth-order valence-electron chi connectivity index (χ4n) is 0.841. The van der Waals surface area contributed by atoms with Gasteiger partial charge in [0.1, 0.15) is 0 Å². The van der Waals surface area contributed by atoms with Gasteiger partial charge in [0.15, 0.2) is 0 Å². The van der Waals surface area contributed by atoms with Gasteiger partial charge < -0.3 is 4.74 Å². The summed E-state index contributed by atoms with van der Waals surface area (Å²) in [6, 6.07) is 0.115. The highest BCUT2D eigenvalue weighted by Gasteiger charge is 1.97. The van der Waals surface area contributed by atoms with Crippen LogP contribution in [-0.4, -0.2) is 25.8 Å². The molecular formula is C8H15NO2. The standard InChI is InChI=1S/C8H15NO2/c1-8(9-7-10)5-3-4-6-11-2/h8H,3-6H2,1-2H3. The minimum atomic E-state index is 0.115. The van der Waals surface area contributed by atoms with Gasteiger partial charge in [-0.3, -0.25) is 0 Å². The maximum Gasteiger partial charge on any atom is 0.235 e. The van der Waals surface area contributed by atoms with E-state index in [-0.39, 0.29) is 6.04 Å². The van der Waals surface area contributed by atoms with Gasteiger partial charge >= 0.3 is 0 Å². The zero-order valence-corrected chi connectivity index (χ0v) is 7.17. The van der Waals surface area contributed by atoms with Crippen LogP contribution in [0.3, 0.4) is 0 Å². The van der Waals surface area contributed by atoms with Crippen molar-refractivity contribution in [1.82, 2.24) is 0 Å². The summed E-state index contributed by atoms with van der Waals surface area (Å²) in [6.07, 6.45) is 4.59. The van der Waals surface area contributed by atoms with Gasteiger partial charge in [0, 0.05) is 13.7 Å². The number of nitrogens with zero attached hydrogens (tertiary/aromatic N) is 1. The molecule has 3 nitrogen and oxygen atoms in total. The van der Waals surface area contributed by atoms with Gasteiger partial charge in [-0.1, -0.05) is 0 Å². The van der Waals surface area contributed by atoms with E-state index in [9.17, 15) is 4.79 Å². The lowest BCUT2D eigenvalue weighted by Crippen LogP contribution is -1.98. The molecule has 0 N–H and O–H groups in total. The highest BCUT2D eigenvalue weighted by Crippen LogP contribution is 2.02. The SMILES string of the molecule is COCCCCC(C)N=C=O. The number of hydrogen-bond acceptors (Lipinski definition) is 3. The van der Waals surface area contributed by atoms with E-state index in [1.807, 2.05) is 6.92 Å². The summed E-state index contributed by atoms with van der Waals surface area (Å²) in [4.78, 5) is 13.4. The first-order valence-electron chi connectivity index (χ1n) is 3.87. The minimum Gasteiger partial charge on any atom is -0.385 e. The Labute approximate surface area is 67.5 Å². The molecule has 0 aromatic rings. The number of unbranched alkanes of at least 4 members (excludes halogenated alkanes) is 1. The quantitative estimate of drug-likeness (QED) is 0.333. The first-order valence-corrected chi connectivity index (χ1v) is 3.87. The molecule has 0 aliphatic rings. The monoisotopic (exact) mass is 157 g/mol. The van der Waals surface area contributed by atoms with Crippen LogP contribution in [0.15, 0.2) is 4.99 Å². The predicted molar refractivity (Wildman–Crippen MR) is 43.3 cm³/mol. The fraction of sp³-hybridized carbons (Fsp3) is 0.875. The van der Waals surface area contributed by atoms with E-state index in [1.54, 1.807) is 13.2 Å². The zero-order valence-electron chi connectivity index (χ0n) is 7.17. The topological polar surface area (TPSA) is 38.7 Å². The highest BCUT2D eigenvalue weighted by molar-refractivity contribution is 5.33. The second kappa shape index (κ2) is 7.45. The van der Waals surface area contributed by atoms with E-state index in [0.717, 1.165) is 25.9 Å². The van der Waals surface area contributed by atoms with Crippen LogP contribution >= 0.6 is 0 Å². The lowest BCUT2D eigenvalue weighted by atomic mass is 10.1. The van der Waals surface area contributed by atoms with E-state index in [4.69, 9.17) is 4.74 Å². The summed E-state index contributed by atoms with van der Waals surface area (Å²) < 4.78 is 4.88. The van der Waals surface area contributed by atoms with Crippen LogP contribution < -0.4 is 0 Å². The van der Waals surface area contributed by atoms with Gasteiger partial charge in [-0.05, 0) is 26.2 Å². The van der Waals surface area contributed by atoms with Crippen LogP contribution in [0.1, 0.15) is 26.2 Å². The van der Waals surface area contributed by atoms with Crippen molar-refractivity contribution in [3.05, 3.63) is 0 Å². The first-order chi connectivity index (χ1) is 5.31. The summed E-state index contributed by atoms with van der Waals surface area (Å²) >= 11 is 0. The fourth-order valence-corrected chi connectivity index (χ4v) is 0.841. The van der Waals surface area contributed by atoms with Crippen LogP contribution in [0.4, 0.5) is 0 Å². The minimum absolute atomic E-state index is 0.115. The molecule has 64 valence electrons. The number of ether oxygens (including phenoxy) is 1. The van der Waals surface area contributed by atoms with Crippen LogP contribution in [0.2, 0.25) is 0 Å². The maximum absolute atomic E-state index is 9.79. The molecule has 0 saturated carbocycles. The average molecular weight is 157 g/mol. The average Bonchev–Trinajstić information content (AvgIpc) is 1.99. The second-order valence-electron chi connectivity index (χ2n) is 2.56. The third kappa shape index (κ3) is 7.23. The van der Waals surface area contributed by atoms with Gasteiger partial charge in [-0.25, -0.2) is 9.79 Å². The summed E-state index contributed by atoms with van der Waals surface area (Å²) in [7, 11) is 1.69. The van der Waals surface area contributed by atoms with Crippen LogP contribution in [-0.2, 0) is 9.53 Å². The molecule has 0 aromatic carbocycles. The normalized spacial score (nSPS) is 12.2. The van der Waals surface area contributed by atoms with Crippen molar-refractivity contribution >= 4 is 6.08 Å². The molecule has 0 spiro atoms. The Morgan fingerprint density at radius 3 is 2.82 bits per heavy atom. The molecule has 0 fully saturated rings. The Bertz CT molecular complexity index is 130. The van der Waals surface area contributed by atoms with Crippen LogP contribution in [0.25, 0.3) is 0 Å². The van der Waals surface area contributed by atoms with Crippen molar-refractivity contribution in [2.75, 3.05) is 13.7 Å². The first kappa shape index (κ1) is 10.3. The molecule has 0 aromatic heterocycles. The number of hydrogen-bond donors (Lipinski definition) is 0. The second-order valence-corrected chi connectivity index (χ2v) is 2.56. The van der Waals surface area contributed by atoms with Crippen molar-refractivity contribution in [1.29, 1.82) is 0 Å². The highest BCUT2D eigenvalue weighted by atomic mass is 16.5. The molecule has 0 heterocycles. The van der Waals surface area contributed by atoms with Gasteiger partial charge in [0.05, 0.1) is 6.04 Å². The molecule has 0 saturated heterocycles. The Hall–Kier alpha value is -0.660. The number of rotatable bonds is 6. The van der Waals surface area contributed by atoms with E-state index in [1.165, 1.54) is 0 Å². The van der Waals surface area contributed by atoms with Crippen molar-refractivity contribution in [3.8, 4) is 0 Å². The van der Waals surface area contributed by atoms with E-state index in [0.29, 0.717) is 0 Å². The van der Waals surface area contributed by atoms with E-state index in [2.05, 4.69) is 4.99 Å². The Morgan fingerprint density at radius 2 is 2.27 bits per heavy atom. The molecule has 0 rings (SSSR count). The Balaban J connectivity index is 3.17. The molecule has 0 aliphatic heterocycles. The third-order valence-corrected chi connectivity index (χ3v) is 1.49. The largest absolute Gasteiger partial charge is 0.385 e. The lowest BCUT2D eigenvalue weighted by molar-refractivity contribution is 0.191. The van der Waals surface area contributed by atoms with Gasteiger partial charge in [0.2, 0.25) is 6.08 Å². The molecule has 0 bridgehead atoms. The van der Waals surface area contributed by atoms with Gasteiger partial charge in [-0.2, -0.15) is 0 Å². The van der Waals surface area contributed by atoms with Crippen LogP contribution in [0, 0.1) is 0 Å². The summed E-state index contributed by atoms with van der Waals surface area (Å²) in [6.45, 7) is 2.70. The van der Waals surface area contributed by atoms with Crippen LogP contribution in [0.5, 0.6) is 0 Å². The molecule has 0 aliphatic carbocycles. The summed E-state index contributed by atoms with van der Waals surface area (Å²) in [5, 5.41) is 0. The Morgan fingerprint density at radius 1 is 1.55 bits per heavy atom. The van der Waals surface area contributed by atoms with Gasteiger partial charge in [0.25, 0.3) is 0 Å². The smallest absolute Gasteiger partial charge is 0.235 e. The number of aliphatic imine (C=N–C) groups is 1. The summed E-state index contributed by atoms with van der Waals surface area (Å²) in [5.74, 6) is 0. The molecule has 0 amide bonds.